The Bertz CT molecular complexity index is 2800. The van der Waals surface area contributed by atoms with Crippen LogP contribution in [0.5, 0.6) is 0 Å². The van der Waals surface area contributed by atoms with E-state index >= 15 is 0 Å². The summed E-state index contributed by atoms with van der Waals surface area (Å²) in [7, 11) is 0. The molecule has 0 radical (unpaired) electrons. The van der Waals surface area contributed by atoms with E-state index in [1.807, 2.05) is 6.07 Å². The maximum absolute atomic E-state index is 6.59. The number of rotatable bonds is 3. The first kappa shape index (κ1) is 26.1. The van der Waals surface area contributed by atoms with E-state index in [-0.39, 0.29) is 0 Å². The Morgan fingerprint density at radius 2 is 0.809 bits per heavy atom. The molecular formula is C46H28O. The van der Waals surface area contributed by atoms with Crippen molar-refractivity contribution in [3.05, 3.63) is 170 Å². The van der Waals surface area contributed by atoms with Gasteiger partial charge in [-0.1, -0.05) is 152 Å². The van der Waals surface area contributed by atoms with Crippen molar-refractivity contribution in [2.45, 2.75) is 0 Å². The van der Waals surface area contributed by atoms with E-state index in [2.05, 4.69) is 164 Å². The summed E-state index contributed by atoms with van der Waals surface area (Å²) < 4.78 is 6.59. The zero-order valence-electron chi connectivity index (χ0n) is 25.6. The van der Waals surface area contributed by atoms with Crippen molar-refractivity contribution in [2.24, 2.45) is 0 Å². The molecule has 0 saturated carbocycles. The van der Waals surface area contributed by atoms with E-state index < -0.39 is 0 Å². The first-order valence-corrected chi connectivity index (χ1v) is 16.2. The number of benzene rings is 9. The average molecular weight is 597 g/mol. The fourth-order valence-corrected chi connectivity index (χ4v) is 7.69. The lowest BCUT2D eigenvalue weighted by molar-refractivity contribution is 0.670. The van der Waals surface area contributed by atoms with Crippen LogP contribution < -0.4 is 0 Å². The molecule has 0 aliphatic heterocycles. The van der Waals surface area contributed by atoms with Gasteiger partial charge >= 0.3 is 0 Å². The molecule has 0 unspecified atom stereocenters. The molecule has 10 rings (SSSR count). The van der Waals surface area contributed by atoms with Gasteiger partial charge in [0.05, 0.1) is 0 Å². The van der Waals surface area contributed by atoms with E-state index in [0.29, 0.717) is 0 Å². The average Bonchev–Trinajstić information content (AvgIpc) is 3.52. The van der Waals surface area contributed by atoms with Gasteiger partial charge < -0.3 is 4.42 Å². The number of furan rings is 1. The van der Waals surface area contributed by atoms with Crippen molar-refractivity contribution < 1.29 is 4.42 Å². The molecule has 1 heterocycles. The van der Waals surface area contributed by atoms with Crippen LogP contribution in [0.3, 0.4) is 0 Å². The number of hydrogen-bond acceptors (Lipinski definition) is 1. The monoisotopic (exact) mass is 596 g/mol. The van der Waals surface area contributed by atoms with E-state index in [9.17, 15) is 0 Å². The highest BCUT2D eigenvalue weighted by Crippen LogP contribution is 2.47. The molecule has 1 nitrogen and oxygen atoms in total. The van der Waals surface area contributed by atoms with Gasteiger partial charge in [0.1, 0.15) is 11.2 Å². The smallest absolute Gasteiger partial charge is 0.143 e. The summed E-state index contributed by atoms with van der Waals surface area (Å²) >= 11 is 0. The summed E-state index contributed by atoms with van der Waals surface area (Å²) in [4.78, 5) is 0. The minimum Gasteiger partial charge on any atom is -0.455 e. The second kappa shape index (κ2) is 10.2. The Morgan fingerprint density at radius 3 is 1.55 bits per heavy atom. The van der Waals surface area contributed by atoms with Crippen LogP contribution in [0.1, 0.15) is 0 Å². The molecule has 47 heavy (non-hydrogen) atoms. The standard InChI is InChI=1S/C46H28O/c1-2-12-31-27-32(25-23-29(31)11-1)33-26-24-30-13-9-19-39(42(30)28-33)44-35-15-3-5-17-37(35)45(38-18-6-4-16-36(38)44)41-21-10-20-40-34-14-7-8-22-43(34)47-46(40)41/h1-28H. The first-order valence-electron chi connectivity index (χ1n) is 16.2. The Labute approximate surface area is 271 Å². The number of fused-ring (bicyclic) bond motifs is 7. The van der Waals surface area contributed by atoms with Gasteiger partial charge in [-0.05, 0) is 83.5 Å². The molecule has 1 aromatic heterocycles. The fraction of sp³-hybridized carbons (Fsp3) is 0. The lowest BCUT2D eigenvalue weighted by Crippen LogP contribution is -1.92. The molecule has 0 bridgehead atoms. The maximum Gasteiger partial charge on any atom is 0.143 e. The van der Waals surface area contributed by atoms with E-state index in [0.717, 1.165) is 27.5 Å². The summed E-state index contributed by atoms with van der Waals surface area (Å²) in [6.07, 6.45) is 0. The van der Waals surface area contributed by atoms with Gasteiger partial charge in [0, 0.05) is 21.9 Å². The zero-order valence-corrected chi connectivity index (χ0v) is 25.6. The van der Waals surface area contributed by atoms with E-state index in [4.69, 9.17) is 4.42 Å². The lowest BCUT2D eigenvalue weighted by atomic mass is 9.84. The normalized spacial score (nSPS) is 11.8. The topological polar surface area (TPSA) is 13.1 Å². The minimum absolute atomic E-state index is 0.915. The molecule has 1 heteroatoms. The predicted molar refractivity (Wildman–Crippen MR) is 200 cm³/mol. The molecule has 9 aromatic carbocycles. The molecule has 0 spiro atoms. The van der Waals surface area contributed by atoms with Crippen molar-refractivity contribution in [1.82, 2.24) is 0 Å². The quantitative estimate of drug-likeness (QED) is 0.185. The molecule has 0 aliphatic carbocycles. The zero-order chi connectivity index (χ0) is 30.9. The van der Waals surface area contributed by atoms with Crippen molar-refractivity contribution in [2.75, 3.05) is 0 Å². The molecular weight excluding hydrogens is 569 g/mol. The Morgan fingerprint density at radius 1 is 0.298 bits per heavy atom. The molecule has 218 valence electrons. The highest BCUT2D eigenvalue weighted by atomic mass is 16.3. The Hall–Kier alpha value is -6.18. The van der Waals surface area contributed by atoms with Crippen LogP contribution in [0.4, 0.5) is 0 Å². The highest BCUT2D eigenvalue weighted by Gasteiger charge is 2.21. The van der Waals surface area contributed by atoms with Crippen molar-refractivity contribution in [3.8, 4) is 33.4 Å². The molecule has 0 aliphatic rings. The Balaban J connectivity index is 1.28. The lowest BCUT2D eigenvalue weighted by Gasteiger charge is -2.19. The summed E-state index contributed by atoms with van der Waals surface area (Å²) in [6, 6.07) is 61.6. The summed E-state index contributed by atoms with van der Waals surface area (Å²) in [5, 5.41) is 12.2. The van der Waals surface area contributed by atoms with Gasteiger partial charge in [-0.3, -0.25) is 0 Å². The number of hydrogen-bond donors (Lipinski definition) is 0. The van der Waals surface area contributed by atoms with E-state index in [1.165, 1.54) is 70.9 Å². The van der Waals surface area contributed by atoms with Gasteiger partial charge in [0.2, 0.25) is 0 Å². The van der Waals surface area contributed by atoms with Crippen molar-refractivity contribution >= 4 is 65.0 Å². The van der Waals surface area contributed by atoms with Crippen LogP contribution in [0.15, 0.2) is 174 Å². The summed E-state index contributed by atoms with van der Waals surface area (Å²) in [5.41, 5.74) is 9.13. The SMILES string of the molecule is c1ccc2cc(-c3ccc4cccc(-c5c6ccccc6c(-c6cccc7c6oc6ccccc67)c6ccccc56)c4c3)ccc2c1. The predicted octanol–water partition coefficient (Wildman–Crippen LogP) is 13.2. The molecule has 0 amide bonds. The van der Waals surface area contributed by atoms with Gasteiger partial charge in [-0.15, -0.1) is 0 Å². The van der Waals surface area contributed by atoms with Crippen LogP contribution >= 0.6 is 0 Å². The van der Waals surface area contributed by atoms with Crippen molar-refractivity contribution in [3.63, 3.8) is 0 Å². The molecule has 0 fully saturated rings. The Kier molecular flexibility index (Phi) is 5.64. The van der Waals surface area contributed by atoms with Crippen LogP contribution in [0.25, 0.3) is 98.4 Å². The molecule has 10 aromatic rings. The maximum atomic E-state index is 6.59. The van der Waals surface area contributed by atoms with Crippen LogP contribution in [-0.4, -0.2) is 0 Å². The van der Waals surface area contributed by atoms with Crippen LogP contribution in [-0.2, 0) is 0 Å². The molecule has 0 atom stereocenters. The molecule has 0 saturated heterocycles. The van der Waals surface area contributed by atoms with Crippen LogP contribution in [0, 0.1) is 0 Å². The third kappa shape index (κ3) is 3.97. The minimum atomic E-state index is 0.915. The fourth-order valence-electron chi connectivity index (χ4n) is 7.69. The highest BCUT2D eigenvalue weighted by molar-refractivity contribution is 6.25. The van der Waals surface area contributed by atoms with Crippen LogP contribution in [0.2, 0.25) is 0 Å². The van der Waals surface area contributed by atoms with Gasteiger partial charge in [-0.25, -0.2) is 0 Å². The number of para-hydroxylation sites is 2. The third-order valence-corrected chi connectivity index (χ3v) is 9.84. The summed E-state index contributed by atoms with van der Waals surface area (Å²) in [6.45, 7) is 0. The second-order valence-electron chi connectivity index (χ2n) is 12.4. The molecule has 0 N–H and O–H groups in total. The van der Waals surface area contributed by atoms with Crippen molar-refractivity contribution in [1.29, 1.82) is 0 Å². The van der Waals surface area contributed by atoms with Gasteiger partial charge in [-0.2, -0.15) is 0 Å². The summed E-state index contributed by atoms with van der Waals surface area (Å²) in [5.74, 6) is 0. The van der Waals surface area contributed by atoms with Gasteiger partial charge in [0.15, 0.2) is 0 Å². The van der Waals surface area contributed by atoms with E-state index in [1.54, 1.807) is 0 Å². The second-order valence-corrected chi connectivity index (χ2v) is 12.4. The largest absolute Gasteiger partial charge is 0.455 e. The first-order chi connectivity index (χ1) is 23.3. The van der Waals surface area contributed by atoms with Gasteiger partial charge in [0.25, 0.3) is 0 Å². The third-order valence-electron chi connectivity index (χ3n) is 9.84.